The van der Waals surface area contributed by atoms with Crippen molar-refractivity contribution in [2.45, 2.75) is 25.8 Å². The molecular formula is C17H19ClN2O. The Morgan fingerprint density at radius 1 is 1.19 bits per heavy atom. The van der Waals surface area contributed by atoms with Crippen LogP contribution < -0.4 is 0 Å². The molecule has 1 unspecified atom stereocenters. The maximum atomic E-state index is 6.02. The zero-order valence-corrected chi connectivity index (χ0v) is 12.7. The summed E-state index contributed by atoms with van der Waals surface area (Å²) in [5, 5.41) is 4.93. The normalized spacial score (nSPS) is 22.8. The Morgan fingerprint density at radius 3 is 2.90 bits per heavy atom. The van der Waals surface area contributed by atoms with Crippen LogP contribution in [0.5, 0.6) is 0 Å². The molecule has 0 spiro atoms. The summed E-state index contributed by atoms with van der Waals surface area (Å²) in [6.07, 6.45) is 4.24. The lowest BCUT2D eigenvalue weighted by Gasteiger charge is -2.13. The van der Waals surface area contributed by atoms with E-state index in [2.05, 4.69) is 10.1 Å². The lowest BCUT2D eigenvalue weighted by molar-refractivity contribution is 0.297. The number of benzene rings is 1. The maximum Gasteiger partial charge on any atom is 0.167 e. The fourth-order valence-corrected chi connectivity index (χ4v) is 3.54. The van der Waals surface area contributed by atoms with Gasteiger partial charge in [0.15, 0.2) is 5.76 Å². The van der Waals surface area contributed by atoms with E-state index in [-0.39, 0.29) is 0 Å². The minimum Gasteiger partial charge on any atom is -0.356 e. The fourth-order valence-electron chi connectivity index (χ4n) is 3.35. The molecule has 4 rings (SSSR count). The van der Waals surface area contributed by atoms with E-state index in [1.165, 1.54) is 32.4 Å². The van der Waals surface area contributed by atoms with E-state index < -0.39 is 0 Å². The van der Waals surface area contributed by atoms with Crippen LogP contribution in [0.2, 0.25) is 5.02 Å². The molecule has 1 saturated heterocycles. The molecule has 1 aliphatic carbocycles. The van der Waals surface area contributed by atoms with Gasteiger partial charge in [-0.25, -0.2) is 0 Å². The van der Waals surface area contributed by atoms with Gasteiger partial charge >= 0.3 is 0 Å². The summed E-state index contributed by atoms with van der Waals surface area (Å²) < 4.78 is 5.47. The summed E-state index contributed by atoms with van der Waals surface area (Å²) in [6.45, 7) is 3.32. The number of aromatic nitrogens is 1. The van der Waals surface area contributed by atoms with Gasteiger partial charge in [0.2, 0.25) is 0 Å². The Bertz CT molecular complexity index is 635. The summed E-state index contributed by atoms with van der Waals surface area (Å²) >= 11 is 6.02. The highest BCUT2D eigenvalue weighted by Gasteiger charge is 2.35. The van der Waals surface area contributed by atoms with Gasteiger partial charge in [-0.2, -0.15) is 0 Å². The standard InChI is InChI=1S/C17H19ClN2O/c18-15-3-1-2-13(8-15)17-9-16(19-21-17)11-20-7-6-14(10-20)12-4-5-12/h1-3,8-9,12,14H,4-7,10-11H2. The minimum atomic E-state index is 0.720. The van der Waals surface area contributed by atoms with Crippen molar-refractivity contribution < 1.29 is 4.52 Å². The van der Waals surface area contributed by atoms with Crippen LogP contribution >= 0.6 is 11.6 Å². The van der Waals surface area contributed by atoms with Crippen molar-refractivity contribution >= 4 is 11.6 Å². The minimum absolute atomic E-state index is 0.720. The Morgan fingerprint density at radius 2 is 2.10 bits per heavy atom. The van der Waals surface area contributed by atoms with Crippen molar-refractivity contribution in [3.05, 3.63) is 41.0 Å². The molecule has 21 heavy (non-hydrogen) atoms. The predicted molar refractivity (Wildman–Crippen MR) is 83.1 cm³/mol. The molecule has 1 aromatic carbocycles. The molecule has 2 heterocycles. The van der Waals surface area contributed by atoms with E-state index in [9.17, 15) is 0 Å². The second-order valence-electron chi connectivity index (χ2n) is 6.31. The molecular weight excluding hydrogens is 284 g/mol. The second kappa shape index (κ2) is 5.47. The van der Waals surface area contributed by atoms with Gasteiger partial charge in [-0.3, -0.25) is 4.90 Å². The first-order chi connectivity index (χ1) is 10.3. The Kier molecular flexibility index (Phi) is 3.48. The van der Waals surface area contributed by atoms with Gasteiger partial charge in [-0.15, -0.1) is 0 Å². The van der Waals surface area contributed by atoms with E-state index in [1.54, 1.807) is 0 Å². The second-order valence-corrected chi connectivity index (χ2v) is 6.75. The molecule has 3 nitrogen and oxygen atoms in total. The average molecular weight is 303 g/mol. The first kappa shape index (κ1) is 13.4. The summed E-state index contributed by atoms with van der Waals surface area (Å²) in [6, 6.07) is 9.74. The third kappa shape index (κ3) is 2.99. The van der Waals surface area contributed by atoms with Gasteiger partial charge in [0, 0.05) is 29.7 Å². The van der Waals surface area contributed by atoms with E-state index in [4.69, 9.17) is 16.1 Å². The molecule has 1 aliphatic heterocycles. The fraction of sp³-hybridized carbons (Fsp3) is 0.471. The van der Waals surface area contributed by atoms with Crippen LogP contribution in [0.25, 0.3) is 11.3 Å². The van der Waals surface area contributed by atoms with E-state index in [0.29, 0.717) is 0 Å². The van der Waals surface area contributed by atoms with Crippen LogP contribution in [0, 0.1) is 11.8 Å². The summed E-state index contributed by atoms with van der Waals surface area (Å²) in [5.41, 5.74) is 2.00. The number of nitrogens with zero attached hydrogens (tertiary/aromatic N) is 2. The van der Waals surface area contributed by atoms with Gasteiger partial charge in [0.1, 0.15) is 0 Å². The van der Waals surface area contributed by atoms with Crippen molar-refractivity contribution in [3.63, 3.8) is 0 Å². The van der Waals surface area contributed by atoms with Gasteiger partial charge in [0.25, 0.3) is 0 Å². The monoisotopic (exact) mass is 302 g/mol. The quantitative estimate of drug-likeness (QED) is 0.846. The van der Waals surface area contributed by atoms with Crippen LogP contribution in [0.3, 0.4) is 0 Å². The zero-order valence-electron chi connectivity index (χ0n) is 12.0. The Hall–Kier alpha value is -1.32. The molecule has 1 saturated carbocycles. The van der Waals surface area contributed by atoms with Crippen molar-refractivity contribution in [2.24, 2.45) is 11.8 Å². The molecule has 0 bridgehead atoms. The third-order valence-corrected chi connectivity index (χ3v) is 4.89. The molecule has 0 radical (unpaired) electrons. The van der Waals surface area contributed by atoms with Crippen LogP contribution in [0.1, 0.15) is 25.0 Å². The molecule has 110 valence electrons. The highest BCUT2D eigenvalue weighted by atomic mass is 35.5. The number of hydrogen-bond acceptors (Lipinski definition) is 3. The summed E-state index contributed by atoms with van der Waals surface area (Å²) in [7, 11) is 0. The van der Waals surface area contributed by atoms with Crippen LogP contribution in [-0.4, -0.2) is 23.1 Å². The average Bonchev–Trinajstić information content (AvgIpc) is 3.05. The maximum absolute atomic E-state index is 6.02. The lowest BCUT2D eigenvalue weighted by Crippen LogP contribution is -2.20. The van der Waals surface area contributed by atoms with Crippen molar-refractivity contribution in [1.29, 1.82) is 0 Å². The predicted octanol–water partition coefficient (Wildman–Crippen LogP) is 4.23. The first-order valence-corrected chi connectivity index (χ1v) is 8.09. The first-order valence-electron chi connectivity index (χ1n) is 7.72. The molecule has 4 heteroatoms. The van der Waals surface area contributed by atoms with Gasteiger partial charge in [0.05, 0.1) is 5.69 Å². The largest absolute Gasteiger partial charge is 0.356 e. The number of likely N-dealkylation sites (tertiary alicyclic amines) is 1. The highest BCUT2D eigenvalue weighted by Crippen LogP contribution is 2.41. The van der Waals surface area contributed by atoms with Crippen LogP contribution in [-0.2, 0) is 6.54 Å². The van der Waals surface area contributed by atoms with Crippen molar-refractivity contribution in [2.75, 3.05) is 13.1 Å². The summed E-state index contributed by atoms with van der Waals surface area (Å²) in [5.74, 6) is 2.73. The van der Waals surface area contributed by atoms with E-state index >= 15 is 0 Å². The SMILES string of the molecule is Clc1cccc(-c2cc(CN3CCC(C4CC4)C3)no2)c1. The molecule has 0 N–H and O–H groups in total. The van der Waals surface area contributed by atoms with Crippen molar-refractivity contribution in [1.82, 2.24) is 10.1 Å². The molecule has 2 fully saturated rings. The highest BCUT2D eigenvalue weighted by molar-refractivity contribution is 6.30. The molecule has 0 amide bonds. The molecule has 1 aromatic heterocycles. The number of halogens is 1. The van der Waals surface area contributed by atoms with Crippen LogP contribution in [0.15, 0.2) is 34.9 Å². The molecule has 2 aromatic rings. The smallest absolute Gasteiger partial charge is 0.167 e. The van der Waals surface area contributed by atoms with Crippen LogP contribution in [0.4, 0.5) is 0 Å². The van der Waals surface area contributed by atoms with E-state index in [1.807, 2.05) is 30.3 Å². The Balaban J connectivity index is 1.43. The molecule has 1 atom stereocenters. The topological polar surface area (TPSA) is 29.3 Å². The van der Waals surface area contributed by atoms with Gasteiger partial charge in [-0.1, -0.05) is 28.9 Å². The van der Waals surface area contributed by atoms with Crippen molar-refractivity contribution in [3.8, 4) is 11.3 Å². The van der Waals surface area contributed by atoms with E-state index in [0.717, 1.165) is 40.4 Å². The summed E-state index contributed by atoms with van der Waals surface area (Å²) in [4.78, 5) is 2.50. The molecule has 2 aliphatic rings. The number of hydrogen-bond donors (Lipinski definition) is 0. The lowest BCUT2D eigenvalue weighted by atomic mass is 10.0. The third-order valence-electron chi connectivity index (χ3n) is 4.65. The number of rotatable bonds is 4. The zero-order chi connectivity index (χ0) is 14.2. The Labute approximate surface area is 129 Å². The van der Waals surface area contributed by atoms with Gasteiger partial charge < -0.3 is 4.52 Å². The van der Waals surface area contributed by atoms with Gasteiger partial charge in [-0.05, 0) is 49.8 Å².